The molecular formula is C14H24N2O2. The molecule has 102 valence electrons. The highest BCUT2D eigenvalue weighted by atomic mass is 16.3. The molecule has 0 aromatic carbocycles. The van der Waals surface area contributed by atoms with Gasteiger partial charge in [-0.15, -0.1) is 0 Å². The molecule has 0 saturated carbocycles. The van der Waals surface area contributed by atoms with Gasteiger partial charge in [0.25, 0.3) is 5.56 Å². The molecule has 1 atom stereocenters. The summed E-state index contributed by atoms with van der Waals surface area (Å²) < 4.78 is 1.69. The molecule has 0 aliphatic rings. The second-order valence-corrected chi connectivity index (χ2v) is 5.62. The van der Waals surface area contributed by atoms with Gasteiger partial charge in [0.2, 0.25) is 0 Å². The molecule has 2 N–H and O–H groups in total. The van der Waals surface area contributed by atoms with E-state index in [0.717, 1.165) is 13.0 Å². The van der Waals surface area contributed by atoms with Crippen LogP contribution >= 0.6 is 0 Å². The maximum atomic E-state index is 11.5. The standard InChI is InChI=1S/C14H24N2O2/c1-14(2,3)12(7-11-17)15-8-10-16-9-5-4-6-13(16)18/h4-6,9,12,15,17H,7-8,10-11H2,1-3H3. The molecule has 1 aromatic rings. The van der Waals surface area contributed by atoms with Gasteiger partial charge in [-0.3, -0.25) is 4.79 Å². The summed E-state index contributed by atoms with van der Waals surface area (Å²) in [5, 5.41) is 12.5. The minimum atomic E-state index is 0.0220. The minimum Gasteiger partial charge on any atom is -0.396 e. The monoisotopic (exact) mass is 252 g/mol. The number of nitrogens with zero attached hydrogens (tertiary/aromatic N) is 1. The fraction of sp³-hybridized carbons (Fsp3) is 0.643. The lowest BCUT2D eigenvalue weighted by atomic mass is 9.85. The summed E-state index contributed by atoms with van der Waals surface area (Å²) in [4.78, 5) is 11.5. The number of hydrogen-bond donors (Lipinski definition) is 2. The Morgan fingerprint density at radius 3 is 2.67 bits per heavy atom. The molecule has 1 rings (SSSR count). The number of aliphatic hydroxyl groups excluding tert-OH is 1. The van der Waals surface area contributed by atoms with Crippen LogP contribution in [0.25, 0.3) is 0 Å². The summed E-state index contributed by atoms with van der Waals surface area (Å²) in [6.45, 7) is 8.00. The summed E-state index contributed by atoms with van der Waals surface area (Å²) in [5.74, 6) is 0. The third kappa shape index (κ3) is 4.63. The van der Waals surface area contributed by atoms with Gasteiger partial charge in [0.05, 0.1) is 0 Å². The molecule has 1 aromatic heterocycles. The van der Waals surface area contributed by atoms with E-state index in [1.807, 2.05) is 6.07 Å². The lowest BCUT2D eigenvalue weighted by molar-refractivity contribution is 0.196. The van der Waals surface area contributed by atoms with E-state index in [1.54, 1.807) is 22.9 Å². The maximum Gasteiger partial charge on any atom is 0.250 e. The summed E-state index contributed by atoms with van der Waals surface area (Å²) >= 11 is 0. The molecule has 1 heterocycles. The van der Waals surface area contributed by atoms with Crippen LogP contribution < -0.4 is 10.9 Å². The Bertz CT molecular complexity index is 407. The second-order valence-electron chi connectivity index (χ2n) is 5.62. The van der Waals surface area contributed by atoms with Crippen LogP contribution in [0.2, 0.25) is 0 Å². The van der Waals surface area contributed by atoms with Crippen LogP contribution in [0, 0.1) is 5.41 Å². The van der Waals surface area contributed by atoms with E-state index >= 15 is 0 Å². The first-order valence-electron chi connectivity index (χ1n) is 6.45. The van der Waals surface area contributed by atoms with E-state index in [9.17, 15) is 4.79 Å². The third-order valence-corrected chi connectivity index (χ3v) is 3.11. The summed E-state index contributed by atoms with van der Waals surface area (Å²) in [6, 6.07) is 5.42. The van der Waals surface area contributed by atoms with Gasteiger partial charge in [0.1, 0.15) is 0 Å². The molecule has 4 heteroatoms. The maximum absolute atomic E-state index is 11.5. The highest BCUT2D eigenvalue weighted by Gasteiger charge is 2.23. The van der Waals surface area contributed by atoms with E-state index in [4.69, 9.17) is 5.11 Å². The Morgan fingerprint density at radius 2 is 2.11 bits per heavy atom. The van der Waals surface area contributed by atoms with Crippen LogP contribution in [0.15, 0.2) is 29.2 Å². The van der Waals surface area contributed by atoms with Gasteiger partial charge >= 0.3 is 0 Å². The van der Waals surface area contributed by atoms with Gasteiger partial charge in [0.15, 0.2) is 0 Å². The predicted octanol–water partition coefficient (Wildman–Crippen LogP) is 1.23. The predicted molar refractivity (Wildman–Crippen MR) is 73.7 cm³/mol. The highest BCUT2D eigenvalue weighted by molar-refractivity contribution is 4.93. The van der Waals surface area contributed by atoms with Crippen molar-refractivity contribution in [3.8, 4) is 0 Å². The SMILES string of the molecule is CC(C)(C)C(CCO)NCCn1ccccc1=O. The van der Waals surface area contributed by atoms with Crippen molar-refractivity contribution in [2.45, 2.75) is 39.8 Å². The first kappa shape index (κ1) is 14.9. The zero-order chi connectivity index (χ0) is 13.6. The average Bonchev–Trinajstić information content (AvgIpc) is 2.29. The van der Waals surface area contributed by atoms with E-state index < -0.39 is 0 Å². The van der Waals surface area contributed by atoms with Crippen molar-refractivity contribution in [1.29, 1.82) is 0 Å². The average molecular weight is 252 g/mol. The van der Waals surface area contributed by atoms with E-state index in [-0.39, 0.29) is 23.6 Å². The van der Waals surface area contributed by atoms with Gasteiger partial charge in [-0.05, 0) is 17.9 Å². The fourth-order valence-corrected chi connectivity index (χ4v) is 1.97. The molecule has 0 aliphatic carbocycles. The van der Waals surface area contributed by atoms with Crippen LogP contribution in [-0.4, -0.2) is 28.9 Å². The van der Waals surface area contributed by atoms with E-state index in [0.29, 0.717) is 6.54 Å². The molecule has 0 amide bonds. The van der Waals surface area contributed by atoms with Crippen molar-refractivity contribution in [2.75, 3.05) is 13.2 Å². The number of aromatic nitrogens is 1. The second kappa shape index (κ2) is 6.71. The van der Waals surface area contributed by atoms with E-state index in [2.05, 4.69) is 26.1 Å². The molecule has 0 radical (unpaired) electrons. The first-order valence-corrected chi connectivity index (χ1v) is 6.45. The molecule has 1 unspecified atom stereocenters. The molecule has 0 saturated heterocycles. The summed E-state index contributed by atoms with van der Waals surface area (Å²) in [7, 11) is 0. The number of aliphatic hydroxyl groups is 1. The molecule has 18 heavy (non-hydrogen) atoms. The Morgan fingerprint density at radius 1 is 1.39 bits per heavy atom. The normalized spacial score (nSPS) is 13.6. The smallest absolute Gasteiger partial charge is 0.250 e. The lowest BCUT2D eigenvalue weighted by Crippen LogP contribution is -2.42. The zero-order valence-electron chi connectivity index (χ0n) is 11.5. The van der Waals surface area contributed by atoms with Crippen LogP contribution in [0.3, 0.4) is 0 Å². The number of hydrogen-bond acceptors (Lipinski definition) is 3. The molecule has 0 bridgehead atoms. The van der Waals surface area contributed by atoms with Gasteiger partial charge < -0.3 is 15.0 Å². The van der Waals surface area contributed by atoms with Crippen molar-refractivity contribution in [3.05, 3.63) is 34.7 Å². The number of pyridine rings is 1. The summed E-state index contributed by atoms with van der Waals surface area (Å²) in [6.07, 6.45) is 2.52. The largest absolute Gasteiger partial charge is 0.396 e. The quantitative estimate of drug-likeness (QED) is 0.801. The Labute approximate surface area is 109 Å². The highest BCUT2D eigenvalue weighted by Crippen LogP contribution is 2.21. The minimum absolute atomic E-state index is 0.0220. The third-order valence-electron chi connectivity index (χ3n) is 3.11. The molecule has 0 aliphatic heterocycles. The van der Waals surface area contributed by atoms with E-state index in [1.165, 1.54) is 0 Å². The number of rotatable bonds is 6. The fourth-order valence-electron chi connectivity index (χ4n) is 1.97. The van der Waals surface area contributed by atoms with Crippen LogP contribution in [-0.2, 0) is 6.54 Å². The van der Waals surface area contributed by atoms with Gasteiger partial charge in [-0.1, -0.05) is 26.8 Å². The first-order chi connectivity index (χ1) is 8.45. The zero-order valence-corrected chi connectivity index (χ0v) is 11.5. The van der Waals surface area contributed by atoms with Crippen molar-refractivity contribution in [1.82, 2.24) is 9.88 Å². The van der Waals surface area contributed by atoms with Crippen LogP contribution in [0.4, 0.5) is 0 Å². The van der Waals surface area contributed by atoms with Gasteiger partial charge in [0, 0.05) is 38.0 Å². The van der Waals surface area contributed by atoms with Crippen LogP contribution in [0.5, 0.6) is 0 Å². The Kier molecular flexibility index (Phi) is 5.56. The Hall–Kier alpha value is -1.13. The molecule has 0 fully saturated rings. The number of nitrogens with one attached hydrogen (secondary N) is 1. The van der Waals surface area contributed by atoms with Gasteiger partial charge in [-0.2, -0.15) is 0 Å². The topological polar surface area (TPSA) is 54.3 Å². The Balaban J connectivity index is 2.49. The van der Waals surface area contributed by atoms with Crippen molar-refractivity contribution in [3.63, 3.8) is 0 Å². The van der Waals surface area contributed by atoms with Gasteiger partial charge in [-0.25, -0.2) is 0 Å². The van der Waals surface area contributed by atoms with Crippen molar-refractivity contribution >= 4 is 0 Å². The van der Waals surface area contributed by atoms with Crippen molar-refractivity contribution < 1.29 is 5.11 Å². The summed E-state index contributed by atoms with van der Waals surface area (Å²) in [5.41, 5.74) is 0.124. The molecule has 0 spiro atoms. The van der Waals surface area contributed by atoms with Crippen LogP contribution in [0.1, 0.15) is 27.2 Å². The van der Waals surface area contributed by atoms with Crippen molar-refractivity contribution in [2.24, 2.45) is 5.41 Å². The molecule has 4 nitrogen and oxygen atoms in total. The lowest BCUT2D eigenvalue weighted by Gasteiger charge is -2.31. The molecular weight excluding hydrogens is 228 g/mol.